The second-order valence-electron chi connectivity index (χ2n) is 7.37. The number of hydrogen-bond acceptors (Lipinski definition) is 6. The van der Waals surface area contributed by atoms with Crippen molar-refractivity contribution in [3.05, 3.63) is 10.6 Å². The average Bonchev–Trinajstić information content (AvgIpc) is 3.17. The quantitative estimate of drug-likeness (QED) is 0.785. The van der Waals surface area contributed by atoms with Gasteiger partial charge in [-0.25, -0.2) is 0 Å². The Hall–Kier alpha value is -1.05. The van der Waals surface area contributed by atoms with Crippen LogP contribution in [0.4, 0.5) is 0 Å². The largest absolute Gasteiger partial charge is 0.383 e. The first kappa shape index (κ1) is 17.8. The van der Waals surface area contributed by atoms with E-state index in [0.717, 1.165) is 51.1 Å². The Kier molecular flexibility index (Phi) is 5.52. The van der Waals surface area contributed by atoms with Gasteiger partial charge in [0.25, 0.3) is 0 Å². The van der Waals surface area contributed by atoms with E-state index in [9.17, 15) is 4.79 Å². The van der Waals surface area contributed by atoms with Crippen LogP contribution in [-0.4, -0.2) is 65.2 Å². The molecule has 2 saturated heterocycles. The minimum absolute atomic E-state index is 0.178. The highest BCUT2D eigenvalue weighted by molar-refractivity contribution is 7.05. The highest BCUT2D eigenvalue weighted by Crippen LogP contribution is 2.40. The number of carbonyl (C=O) groups excluding carboxylic acids is 1. The van der Waals surface area contributed by atoms with Gasteiger partial charge in [-0.05, 0) is 43.3 Å². The fourth-order valence-corrected chi connectivity index (χ4v) is 4.84. The lowest BCUT2D eigenvalue weighted by atomic mass is 9.78. The Morgan fingerprint density at radius 3 is 2.92 bits per heavy atom. The molecule has 0 aromatic carbocycles. The van der Waals surface area contributed by atoms with Crippen molar-refractivity contribution in [3.8, 4) is 0 Å². The number of amides is 1. The van der Waals surface area contributed by atoms with Gasteiger partial charge in [-0.15, -0.1) is 5.10 Å². The molecule has 0 bridgehead atoms. The van der Waals surface area contributed by atoms with E-state index in [1.54, 1.807) is 7.11 Å². The van der Waals surface area contributed by atoms with E-state index < -0.39 is 0 Å². The van der Waals surface area contributed by atoms with Gasteiger partial charge >= 0.3 is 0 Å². The lowest BCUT2D eigenvalue weighted by Gasteiger charge is -2.39. The predicted molar refractivity (Wildman–Crippen MR) is 94.0 cm³/mol. The van der Waals surface area contributed by atoms with Crippen molar-refractivity contribution in [2.24, 2.45) is 5.41 Å². The van der Waals surface area contributed by atoms with Crippen LogP contribution in [0.3, 0.4) is 0 Å². The second-order valence-corrected chi connectivity index (χ2v) is 8.20. The molecule has 3 rings (SSSR count). The molecule has 134 valence electrons. The van der Waals surface area contributed by atoms with Crippen molar-refractivity contribution in [3.63, 3.8) is 0 Å². The molecular formula is C17H28N4O2S. The highest BCUT2D eigenvalue weighted by Gasteiger charge is 2.48. The van der Waals surface area contributed by atoms with E-state index in [1.165, 1.54) is 16.4 Å². The zero-order valence-corrected chi connectivity index (χ0v) is 15.8. The van der Waals surface area contributed by atoms with Gasteiger partial charge in [-0.2, -0.15) is 0 Å². The van der Waals surface area contributed by atoms with E-state index in [-0.39, 0.29) is 5.41 Å². The molecule has 0 aliphatic carbocycles. The van der Waals surface area contributed by atoms with E-state index in [4.69, 9.17) is 4.74 Å². The SMILES string of the molecule is COCCN1CCCC2(CCN(Cc3snnc3C(C)C)C2)C1=O. The lowest BCUT2D eigenvalue weighted by molar-refractivity contribution is -0.146. The molecule has 2 aliphatic heterocycles. The van der Waals surface area contributed by atoms with Crippen molar-refractivity contribution in [2.45, 2.75) is 45.6 Å². The molecule has 7 heteroatoms. The summed E-state index contributed by atoms with van der Waals surface area (Å²) >= 11 is 1.50. The second kappa shape index (κ2) is 7.45. The summed E-state index contributed by atoms with van der Waals surface area (Å²) in [5.74, 6) is 0.732. The van der Waals surface area contributed by atoms with Crippen LogP contribution in [0.2, 0.25) is 0 Å². The molecule has 1 aromatic rings. The van der Waals surface area contributed by atoms with Crippen molar-refractivity contribution in [2.75, 3.05) is 39.9 Å². The van der Waals surface area contributed by atoms with E-state index in [0.29, 0.717) is 25.0 Å². The average molecular weight is 353 g/mol. The lowest BCUT2D eigenvalue weighted by Crippen LogP contribution is -2.50. The highest BCUT2D eigenvalue weighted by atomic mass is 32.1. The van der Waals surface area contributed by atoms with Gasteiger partial charge in [0.2, 0.25) is 5.91 Å². The predicted octanol–water partition coefficient (Wildman–Crippen LogP) is 2.12. The zero-order chi connectivity index (χ0) is 17.2. The van der Waals surface area contributed by atoms with Gasteiger partial charge in [0, 0.05) is 33.3 Å². The van der Waals surface area contributed by atoms with Crippen LogP contribution in [0.1, 0.15) is 49.6 Å². The smallest absolute Gasteiger partial charge is 0.230 e. The Bertz CT molecular complexity index is 577. The molecule has 3 heterocycles. The van der Waals surface area contributed by atoms with Crippen LogP contribution in [0.15, 0.2) is 0 Å². The maximum Gasteiger partial charge on any atom is 0.230 e. The minimum atomic E-state index is -0.178. The van der Waals surface area contributed by atoms with Gasteiger partial charge in [-0.1, -0.05) is 18.3 Å². The number of rotatable bonds is 6. The number of hydrogen-bond donors (Lipinski definition) is 0. The van der Waals surface area contributed by atoms with E-state index in [2.05, 4.69) is 28.3 Å². The number of carbonyl (C=O) groups is 1. The summed E-state index contributed by atoms with van der Waals surface area (Å²) in [5, 5.41) is 4.28. The van der Waals surface area contributed by atoms with Crippen LogP contribution in [0, 0.1) is 5.41 Å². The molecular weight excluding hydrogens is 324 g/mol. The Balaban J connectivity index is 1.65. The molecule has 1 amide bonds. The molecule has 1 aromatic heterocycles. The minimum Gasteiger partial charge on any atom is -0.383 e. The fraction of sp³-hybridized carbons (Fsp3) is 0.824. The maximum absolute atomic E-state index is 13.0. The van der Waals surface area contributed by atoms with Gasteiger partial charge in [0.05, 0.1) is 22.6 Å². The third-order valence-electron chi connectivity index (χ3n) is 5.32. The van der Waals surface area contributed by atoms with Gasteiger partial charge in [0.1, 0.15) is 0 Å². The Labute approximate surface area is 148 Å². The first-order valence-electron chi connectivity index (χ1n) is 8.87. The molecule has 2 aliphatic rings. The van der Waals surface area contributed by atoms with Crippen molar-refractivity contribution in [1.29, 1.82) is 0 Å². The normalized spacial score (nSPS) is 25.3. The van der Waals surface area contributed by atoms with Crippen molar-refractivity contribution < 1.29 is 9.53 Å². The topological polar surface area (TPSA) is 58.6 Å². The molecule has 0 radical (unpaired) electrons. The third kappa shape index (κ3) is 3.48. The molecule has 0 N–H and O–H groups in total. The van der Waals surface area contributed by atoms with Gasteiger partial charge in [0.15, 0.2) is 0 Å². The Morgan fingerprint density at radius 1 is 1.33 bits per heavy atom. The van der Waals surface area contributed by atoms with E-state index in [1.807, 2.05) is 4.90 Å². The summed E-state index contributed by atoms with van der Waals surface area (Å²) in [5.41, 5.74) is 0.930. The first-order valence-corrected chi connectivity index (χ1v) is 9.65. The van der Waals surface area contributed by atoms with Crippen LogP contribution >= 0.6 is 11.5 Å². The molecule has 0 saturated carbocycles. The van der Waals surface area contributed by atoms with Gasteiger partial charge < -0.3 is 9.64 Å². The van der Waals surface area contributed by atoms with Crippen LogP contribution in [0.25, 0.3) is 0 Å². The summed E-state index contributed by atoms with van der Waals surface area (Å²) in [4.78, 5) is 18.7. The van der Waals surface area contributed by atoms with Crippen LogP contribution in [0.5, 0.6) is 0 Å². The summed E-state index contributed by atoms with van der Waals surface area (Å²) in [6.45, 7) is 9.25. The number of methoxy groups -OCH3 is 1. The molecule has 1 unspecified atom stereocenters. The summed E-state index contributed by atoms with van der Waals surface area (Å²) < 4.78 is 9.28. The number of nitrogens with zero attached hydrogens (tertiary/aromatic N) is 4. The standard InChI is InChI=1S/C17H28N4O2S/c1-13(2)15-14(24-19-18-15)11-20-8-6-17(12-20)5-4-7-21(16(17)22)9-10-23-3/h13H,4-12H2,1-3H3. The Morgan fingerprint density at radius 2 is 2.17 bits per heavy atom. The number of likely N-dealkylation sites (tertiary alicyclic amines) is 2. The van der Waals surface area contributed by atoms with Crippen molar-refractivity contribution in [1.82, 2.24) is 19.4 Å². The fourth-order valence-electron chi connectivity index (χ4n) is 4.01. The zero-order valence-electron chi connectivity index (χ0n) is 15.0. The van der Waals surface area contributed by atoms with Gasteiger partial charge in [-0.3, -0.25) is 9.69 Å². The molecule has 1 spiro atoms. The summed E-state index contributed by atoms with van der Waals surface area (Å²) in [7, 11) is 1.69. The first-order chi connectivity index (χ1) is 11.6. The maximum atomic E-state index is 13.0. The third-order valence-corrected chi connectivity index (χ3v) is 6.04. The van der Waals surface area contributed by atoms with Crippen molar-refractivity contribution >= 4 is 17.4 Å². The monoisotopic (exact) mass is 352 g/mol. The molecule has 24 heavy (non-hydrogen) atoms. The van der Waals surface area contributed by atoms with Crippen LogP contribution < -0.4 is 0 Å². The molecule has 1 atom stereocenters. The number of aromatic nitrogens is 2. The molecule has 6 nitrogen and oxygen atoms in total. The van der Waals surface area contributed by atoms with E-state index >= 15 is 0 Å². The summed E-state index contributed by atoms with van der Waals surface area (Å²) in [6.07, 6.45) is 3.09. The molecule has 2 fully saturated rings. The number of piperidine rings is 1. The van der Waals surface area contributed by atoms with Crippen LogP contribution in [-0.2, 0) is 16.1 Å². The number of ether oxygens (including phenoxy) is 1. The summed E-state index contributed by atoms with van der Waals surface area (Å²) in [6, 6.07) is 0.